The number of nitrogens with zero attached hydrogens (tertiary/aromatic N) is 4. The molecule has 2 unspecified atom stereocenters. The Labute approximate surface area is 213 Å². The summed E-state index contributed by atoms with van der Waals surface area (Å²) in [4.78, 5) is 9.30. The molecule has 1 aliphatic heterocycles. The van der Waals surface area contributed by atoms with Crippen LogP contribution in [0.25, 0.3) is 16.5 Å². The van der Waals surface area contributed by atoms with Crippen molar-refractivity contribution in [3.63, 3.8) is 0 Å². The smallest absolute Gasteiger partial charge is 0.170 e. The average Bonchev–Trinajstić information content (AvgIpc) is 3.34. The van der Waals surface area contributed by atoms with Crippen LogP contribution in [0.1, 0.15) is 41.1 Å². The molecule has 2 aromatic heterocycles. The molecule has 2 atom stereocenters. The molecule has 4 aromatic rings. The van der Waals surface area contributed by atoms with Gasteiger partial charge in [0, 0.05) is 29.5 Å². The number of aryl methyl sites for hydroxylation is 1. The zero-order valence-corrected chi connectivity index (χ0v) is 21.7. The molecule has 180 valence electrons. The van der Waals surface area contributed by atoms with Crippen LogP contribution in [0.15, 0.2) is 72.9 Å². The molecule has 1 aliphatic rings. The molecular formula is C29H33N5S. The number of hydrogen-bond acceptors (Lipinski definition) is 3. The fraction of sp³-hybridized carbons (Fsp3) is 0.310. The quantitative estimate of drug-likeness (QED) is 0.348. The number of nitrogens with one attached hydrogen (secondary N) is 1. The van der Waals surface area contributed by atoms with Crippen LogP contribution in [-0.2, 0) is 0 Å². The van der Waals surface area contributed by atoms with Gasteiger partial charge in [-0.1, -0.05) is 42.5 Å². The minimum absolute atomic E-state index is 0.00419. The van der Waals surface area contributed by atoms with Gasteiger partial charge in [0.15, 0.2) is 5.11 Å². The van der Waals surface area contributed by atoms with E-state index in [1.165, 1.54) is 33.4 Å². The topological polar surface area (TPSA) is 36.3 Å². The van der Waals surface area contributed by atoms with Crippen molar-refractivity contribution in [2.75, 3.05) is 27.2 Å². The van der Waals surface area contributed by atoms with Crippen molar-refractivity contribution in [1.29, 1.82) is 0 Å². The first-order valence-electron chi connectivity index (χ1n) is 12.3. The van der Waals surface area contributed by atoms with Gasteiger partial charge in [-0.15, -0.1) is 0 Å². The molecule has 1 N–H and O–H groups in total. The third-order valence-corrected chi connectivity index (χ3v) is 7.35. The van der Waals surface area contributed by atoms with Gasteiger partial charge in [-0.2, -0.15) is 0 Å². The predicted octanol–water partition coefficient (Wildman–Crippen LogP) is 5.57. The van der Waals surface area contributed by atoms with Crippen LogP contribution >= 0.6 is 12.2 Å². The molecule has 0 saturated carbocycles. The molecule has 1 fully saturated rings. The molecular weight excluding hydrogens is 450 g/mol. The van der Waals surface area contributed by atoms with E-state index >= 15 is 0 Å². The van der Waals surface area contributed by atoms with Crippen LogP contribution in [0.2, 0.25) is 0 Å². The van der Waals surface area contributed by atoms with Gasteiger partial charge in [0.1, 0.15) is 0 Å². The Hall–Kier alpha value is -3.22. The maximum atomic E-state index is 5.88. The zero-order chi connectivity index (χ0) is 24.5. The summed E-state index contributed by atoms with van der Waals surface area (Å²) in [6, 6.07) is 23.7. The fourth-order valence-electron chi connectivity index (χ4n) is 5.40. The van der Waals surface area contributed by atoms with Gasteiger partial charge in [0.25, 0.3) is 0 Å². The molecule has 0 spiro atoms. The van der Waals surface area contributed by atoms with Crippen LogP contribution in [-0.4, -0.2) is 51.6 Å². The lowest BCUT2D eigenvalue weighted by atomic mass is 9.96. The number of benzene rings is 2. The lowest BCUT2D eigenvalue weighted by Crippen LogP contribution is -2.32. The van der Waals surface area contributed by atoms with Crippen LogP contribution < -0.4 is 5.32 Å². The molecule has 0 radical (unpaired) electrons. The largest absolute Gasteiger partial charge is 0.352 e. The normalized spacial score (nSPS) is 18.0. The third-order valence-electron chi connectivity index (χ3n) is 7.00. The minimum Gasteiger partial charge on any atom is -0.352 e. The highest BCUT2D eigenvalue weighted by Gasteiger charge is 2.41. The number of aromatic nitrogens is 2. The van der Waals surface area contributed by atoms with Gasteiger partial charge < -0.3 is 19.7 Å². The van der Waals surface area contributed by atoms with E-state index < -0.39 is 0 Å². The number of hydrogen-bond donors (Lipinski definition) is 1. The molecule has 5 rings (SSSR count). The molecule has 3 heterocycles. The highest BCUT2D eigenvalue weighted by Crippen LogP contribution is 2.41. The number of pyridine rings is 1. The third kappa shape index (κ3) is 4.44. The molecule has 0 aliphatic carbocycles. The monoisotopic (exact) mass is 483 g/mol. The Morgan fingerprint density at radius 2 is 1.77 bits per heavy atom. The highest BCUT2D eigenvalue weighted by atomic mass is 32.1. The summed E-state index contributed by atoms with van der Waals surface area (Å²) in [6.07, 6.45) is 2.91. The molecule has 35 heavy (non-hydrogen) atoms. The van der Waals surface area contributed by atoms with Gasteiger partial charge in [-0.3, -0.25) is 4.98 Å². The first kappa shape index (κ1) is 23.5. The SMILES string of the molecule is Cc1cc(C2C(c3ccccn3)NC(=S)N2CCCN(C)C)c(C)n1-c1cccc2ccccc12. The second-order valence-electron chi connectivity index (χ2n) is 9.64. The summed E-state index contributed by atoms with van der Waals surface area (Å²) in [5, 5.41) is 6.92. The Bertz CT molecular complexity index is 1340. The maximum absolute atomic E-state index is 5.88. The highest BCUT2D eigenvalue weighted by molar-refractivity contribution is 7.80. The van der Waals surface area contributed by atoms with Crippen molar-refractivity contribution >= 4 is 28.1 Å². The fourth-order valence-corrected chi connectivity index (χ4v) is 5.73. The van der Waals surface area contributed by atoms with E-state index in [1.807, 2.05) is 12.3 Å². The van der Waals surface area contributed by atoms with Crippen molar-refractivity contribution < 1.29 is 0 Å². The summed E-state index contributed by atoms with van der Waals surface area (Å²) in [6.45, 7) is 6.36. The number of rotatable bonds is 7. The molecule has 0 amide bonds. The van der Waals surface area contributed by atoms with E-state index in [0.717, 1.165) is 30.3 Å². The van der Waals surface area contributed by atoms with Gasteiger partial charge in [0.2, 0.25) is 0 Å². The van der Waals surface area contributed by atoms with Gasteiger partial charge >= 0.3 is 0 Å². The Morgan fingerprint density at radius 3 is 2.54 bits per heavy atom. The summed E-state index contributed by atoms with van der Waals surface area (Å²) in [5.41, 5.74) is 5.99. The molecule has 6 heteroatoms. The van der Waals surface area contributed by atoms with Crippen molar-refractivity contribution in [3.8, 4) is 5.69 Å². The Balaban J connectivity index is 1.61. The predicted molar refractivity (Wildman–Crippen MR) is 148 cm³/mol. The van der Waals surface area contributed by atoms with E-state index in [1.54, 1.807) is 0 Å². The van der Waals surface area contributed by atoms with Crippen LogP contribution in [0.5, 0.6) is 0 Å². The van der Waals surface area contributed by atoms with E-state index in [2.05, 4.69) is 108 Å². The second-order valence-corrected chi connectivity index (χ2v) is 10.0. The lowest BCUT2D eigenvalue weighted by Gasteiger charge is -2.28. The molecule has 0 bridgehead atoms. The van der Waals surface area contributed by atoms with Crippen LogP contribution in [0.3, 0.4) is 0 Å². The number of thiocarbonyl (C=S) groups is 1. The Morgan fingerprint density at radius 1 is 1.00 bits per heavy atom. The van der Waals surface area contributed by atoms with E-state index in [4.69, 9.17) is 17.2 Å². The molecule has 5 nitrogen and oxygen atoms in total. The second kappa shape index (κ2) is 9.80. The summed E-state index contributed by atoms with van der Waals surface area (Å²) in [7, 11) is 4.24. The van der Waals surface area contributed by atoms with E-state index in [9.17, 15) is 0 Å². The van der Waals surface area contributed by atoms with E-state index in [0.29, 0.717) is 0 Å². The van der Waals surface area contributed by atoms with Gasteiger partial charge in [0.05, 0.1) is 23.5 Å². The van der Waals surface area contributed by atoms with Crippen LogP contribution in [0.4, 0.5) is 0 Å². The zero-order valence-electron chi connectivity index (χ0n) is 20.9. The summed E-state index contributed by atoms with van der Waals surface area (Å²) < 4.78 is 2.40. The number of fused-ring (bicyclic) bond motifs is 1. The average molecular weight is 484 g/mol. The van der Waals surface area contributed by atoms with Crippen molar-refractivity contribution in [2.45, 2.75) is 32.4 Å². The van der Waals surface area contributed by atoms with E-state index in [-0.39, 0.29) is 12.1 Å². The first-order valence-corrected chi connectivity index (χ1v) is 12.7. The van der Waals surface area contributed by atoms with Crippen molar-refractivity contribution in [3.05, 3.63) is 95.6 Å². The standard InChI is InChI=1S/C29H33N5S/c1-20-19-24(21(2)34(20)26-15-9-12-22-11-5-6-13-23(22)26)28-27(25-14-7-8-16-30-25)31-29(35)33(28)18-10-17-32(3)4/h5-9,11-16,19,27-28H,10,17-18H2,1-4H3,(H,31,35). The maximum Gasteiger partial charge on any atom is 0.170 e. The summed E-state index contributed by atoms with van der Waals surface area (Å²) >= 11 is 5.88. The lowest BCUT2D eigenvalue weighted by molar-refractivity contribution is 0.292. The Kier molecular flexibility index (Phi) is 6.58. The molecule has 2 aromatic carbocycles. The van der Waals surface area contributed by atoms with Gasteiger partial charge in [-0.05, 0) is 88.3 Å². The van der Waals surface area contributed by atoms with Crippen molar-refractivity contribution in [1.82, 2.24) is 24.7 Å². The summed E-state index contributed by atoms with van der Waals surface area (Å²) in [5.74, 6) is 0. The first-order chi connectivity index (χ1) is 17.0. The van der Waals surface area contributed by atoms with Crippen molar-refractivity contribution in [2.24, 2.45) is 0 Å². The van der Waals surface area contributed by atoms with Crippen LogP contribution in [0, 0.1) is 13.8 Å². The minimum atomic E-state index is 0.00419. The van der Waals surface area contributed by atoms with Gasteiger partial charge in [-0.25, -0.2) is 0 Å². The molecule has 1 saturated heterocycles.